The molecule has 0 aromatic heterocycles. The van der Waals surface area contributed by atoms with Gasteiger partial charge in [0.2, 0.25) is 5.91 Å². The first-order chi connectivity index (χ1) is 8.34. The maximum Gasteiger partial charge on any atom is 0.282 e. The van der Waals surface area contributed by atoms with Crippen molar-refractivity contribution < 1.29 is 13.2 Å². The van der Waals surface area contributed by atoms with Crippen LogP contribution in [0.3, 0.4) is 0 Å². The number of hydrogen-bond donors (Lipinski definition) is 1. The molecule has 2 N–H and O–H groups in total. The van der Waals surface area contributed by atoms with Crippen molar-refractivity contribution >= 4 is 16.1 Å². The molecule has 1 fully saturated rings. The molecule has 1 heterocycles. The van der Waals surface area contributed by atoms with E-state index < -0.39 is 16.1 Å². The average Bonchev–Trinajstić information content (AvgIpc) is 2.28. The molecule has 1 aliphatic rings. The van der Waals surface area contributed by atoms with Crippen LogP contribution in [0.5, 0.6) is 0 Å². The minimum absolute atomic E-state index is 0.156. The van der Waals surface area contributed by atoms with Crippen molar-refractivity contribution in [3.63, 3.8) is 0 Å². The van der Waals surface area contributed by atoms with Gasteiger partial charge in [-0.05, 0) is 18.8 Å². The molecule has 0 aliphatic carbocycles. The molecule has 0 aromatic carbocycles. The standard InChI is InChI=1S/C11H23N3O3S/c1-10(2)8-14(9-11(12)15)18(16,17)13-6-4-3-5-7-13/h10H,3-9H2,1-2H3,(H2,12,15). The second kappa shape index (κ2) is 6.49. The third-order valence-corrected chi connectivity index (χ3v) is 4.82. The summed E-state index contributed by atoms with van der Waals surface area (Å²) in [7, 11) is -3.55. The molecule has 0 bridgehead atoms. The zero-order valence-corrected chi connectivity index (χ0v) is 11.9. The minimum Gasteiger partial charge on any atom is -0.369 e. The lowest BCUT2D eigenvalue weighted by Crippen LogP contribution is -2.49. The molecule has 18 heavy (non-hydrogen) atoms. The first-order valence-corrected chi connectivity index (χ1v) is 7.77. The van der Waals surface area contributed by atoms with Gasteiger partial charge in [0, 0.05) is 19.6 Å². The lowest BCUT2D eigenvalue weighted by molar-refractivity contribution is -0.118. The molecular weight excluding hydrogens is 254 g/mol. The normalized spacial score (nSPS) is 18.4. The van der Waals surface area contributed by atoms with Crippen LogP contribution in [-0.2, 0) is 15.0 Å². The summed E-state index contributed by atoms with van der Waals surface area (Å²) in [6.45, 7) is 4.99. The molecular formula is C11H23N3O3S. The van der Waals surface area contributed by atoms with Crippen LogP contribution >= 0.6 is 0 Å². The third-order valence-electron chi connectivity index (χ3n) is 2.87. The molecule has 0 unspecified atom stereocenters. The predicted octanol–water partition coefficient (Wildman–Crippen LogP) is 0.160. The highest BCUT2D eigenvalue weighted by atomic mass is 32.2. The Morgan fingerprint density at radius 1 is 1.28 bits per heavy atom. The Hall–Kier alpha value is -0.660. The largest absolute Gasteiger partial charge is 0.369 e. The van der Waals surface area contributed by atoms with Gasteiger partial charge in [0.15, 0.2) is 0 Å². The van der Waals surface area contributed by atoms with Gasteiger partial charge in [0.05, 0.1) is 6.54 Å². The lowest BCUT2D eigenvalue weighted by atomic mass is 10.2. The first kappa shape index (κ1) is 15.4. The van der Waals surface area contributed by atoms with Crippen LogP contribution in [0, 0.1) is 5.92 Å². The van der Waals surface area contributed by atoms with Crippen LogP contribution < -0.4 is 5.73 Å². The van der Waals surface area contributed by atoms with E-state index in [1.54, 1.807) is 0 Å². The third kappa shape index (κ3) is 4.22. The number of carbonyl (C=O) groups is 1. The van der Waals surface area contributed by atoms with Gasteiger partial charge in [-0.15, -0.1) is 0 Å². The van der Waals surface area contributed by atoms with Crippen molar-refractivity contribution in [2.24, 2.45) is 11.7 Å². The van der Waals surface area contributed by atoms with Gasteiger partial charge in [-0.2, -0.15) is 17.0 Å². The van der Waals surface area contributed by atoms with Gasteiger partial charge in [-0.1, -0.05) is 20.3 Å². The Bertz CT molecular complexity index is 375. The van der Waals surface area contributed by atoms with Gasteiger partial charge in [-0.3, -0.25) is 4.79 Å². The topological polar surface area (TPSA) is 83.7 Å². The number of carbonyl (C=O) groups excluding carboxylic acids is 1. The fourth-order valence-corrected chi connectivity index (χ4v) is 3.90. The van der Waals surface area contributed by atoms with E-state index in [9.17, 15) is 13.2 Å². The highest BCUT2D eigenvalue weighted by Gasteiger charge is 2.31. The summed E-state index contributed by atoms with van der Waals surface area (Å²) in [6, 6.07) is 0. The number of amides is 1. The van der Waals surface area contributed by atoms with Crippen LogP contribution in [0.25, 0.3) is 0 Å². The van der Waals surface area contributed by atoms with E-state index in [2.05, 4.69) is 0 Å². The van der Waals surface area contributed by atoms with E-state index in [-0.39, 0.29) is 12.5 Å². The molecule has 1 saturated heterocycles. The number of primary amides is 1. The number of nitrogens with two attached hydrogens (primary N) is 1. The molecule has 1 rings (SSSR count). The summed E-state index contributed by atoms with van der Waals surface area (Å²) < 4.78 is 27.5. The molecule has 0 aromatic rings. The molecule has 1 amide bonds. The van der Waals surface area contributed by atoms with Crippen molar-refractivity contribution in [2.75, 3.05) is 26.2 Å². The number of piperidine rings is 1. The Balaban J connectivity index is 2.83. The van der Waals surface area contributed by atoms with E-state index in [1.165, 1.54) is 8.61 Å². The van der Waals surface area contributed by atoms with Gasteiger partial charge in [-0.25, -0.2) is 0 Å². The van der Waals surface area contributed by atoms with Crippen LogP contribution in [0.4, 0.5) is 0 Å². The van der Waals surface area contributed by atoms with E-state index in [4.69, 9.17) is 5.73 Å². The summed E-state index contributed by atoms with van der Waals surface area (Å²) >= 11 is 0. The Labute approximate surface area is 109 Å². The number of nitrogens with zero attached hydrogens (tertiary/aromatic N) is 2. The van der Waals surface area contributed by atoms with Gasteiger partial charge in [0.25, 0.3) is 10.2 Å². The fourth-order valence-electron chi connectivity index (χ4n) is 2.08. The van der Waals surface area contributed by atoms with Crippen molar-refractivity contribution in [1.82, 2.24) is 8.61 Å². The molecule has 0 atom stereocenters. The molecule has 106 valence electrons. The average molecular weight is 277 g/mol. The quantitative estimate of drug-likeness (QED) is 0.750. The van der Waals surface area contributed by atoms with E-state index in [0.29, 0.717) is 19.6 Å². The lowest BCUT2D eigenvalue weighted by Gasteiger charge is -2.32. The van der Waals surface area contributed by atoms with Crippen LogP contribution in [-0.4, -0.2) is 49.1 Å². The van der Waals surface area contributed by atoms with Crippen LogP contribution in [0.2, 0.25) is 0 Å². The van der Waals surface area contributed by atoms with E-state index in [0.717, 1.165) is 19.3 Å². The molecule has 1 aliphatic heterocycles. The van der Waals surface area contributed by atoms with Crippen molar-refractivity contribution in [3.05, 3.63) is 0 Å². The molecule has 0 saturated carbocycles. The van der Waals surface area contributed by atoms with Gasteiger partial charge in [0.1, 0.15) is 0 Å². The highest BCUT2D eigenvalue weighted by molar-refractivity contribution is 7.86. The van der Waals surface area contributed by atoms with Crippen molar-refractivity contribution in [1.29, 1.82) is 0 Å². The van der Waals surface area contributed by atoms with Crippen LogP contribution in [0.15, 0.2) is 0 Å². The Morgan fingerprint density at radius 2 is 1.83 bits per heavy atom. The summed E-state index contributed by atoms with van der Waals surface area (Å²) in [6.07, 6.45) is 2.82. The van der Waals surface area contributed by atoms with Gasteiger partial charge >= 0.3 is 0 Å². The summed E-state index contributed by atoms with van der Waals surface area (Å²) in [5.41, 5.74) is 5.13. The van der Waals surface area contributed by atoms with Crippen molar-refractivity contribution in [2.45, 2.75) is 33.1 Å². The summed E-state index contributed by atoms with van der Waals surface area (Å²) in [5, 5.41) is 0. The Kier molecular flexibility index (Phi) is 5.55. The molecule has 6 nitrogen and oxygen atoms in total. The summed E-state index contributed by atoms with van der Waals surface area (Å²) in [5.74, 6) is -0.458. The van der Waals surface area contributed by atoms with E-state index >= 15 is 0 Å². The maximum absolute atomic E-state index is 12.4. The number of rotatable bonds is 6. The Morgan fingerprint density at radius 3 is 2.28 bits per heavy atom. The van der Waals surface area contributed by atoms with Crippen molar-refractivity contribution in [3.8, 4) is 0 Å². The maximum atomic E-state index is 12.4. The molecule has 0 spiro atoms. The minimum atomic E-state index is -3.55. The molecule has 7 heteroatoms. The zero-order valence-electron chi connectivity index (χ0n) is 11.1. The monoisotopic (exact) mass is 277 g/mol. The van der Waals surface area contributed by atoms with Crippen LogP contribution in [0.1, 0.15) is 33.1 Å². The predicted molar refractivity (Wildman–Crippen MR) is 69.9 cm³/mol. The first-order valence-electron chi connectivity index (χ1n) is 6.37. The van der Waals surface area contributed by atoms with E-state index in [1.807, 2.05) is 13.8 Å². The second-order valence-corrected chi connectivity index (χ2v) is 7.05. The summed E-state index contributed by atoms with van der Waals surface area (Å²) in [4.78, 5) is 11.0. The fraction of sp³-hybridized carbons (Fsp3) is 0.909. The number of hydrogen-bond acceptors (Lipinski definition) is 3. The second-order valence-electron chi connectivity index (χ2n) is 5.12. The SMILES string of the molecule is CC(C)CN(CC(N)=O)S(=O)(=O)N1CCCCC1. The highest BCUT2D eigenvalue weighted by Crippen LogP contribution is 2.17. The molecule has 0 radical (unpaired) electrons. The smallest absolute Gasteiger partial charge is 0.282 e. The van der Waals surface area contributed by atoms with Gasteiger partial charge < -0.3 is 5.73 Å². The zero-order chi connectivity index (χ0) is 13.8.